The van der Waals surface area contributed by atoms with Gasteiger partial charge in [-0.2, -0.15) is 0 Å². The van der Waals surface area contributed by atoms with Crippen LogP contribution in [0.4, 0.5) is 0 Å². The number of ether oxygens (including phenoxy) is 6. The summed E-state index contributed by atoms with van der Waals surface area (Å²) in [5.41, 5.74) is 0. The second kappa shape index (κ2) is 74.6. The molecule has 0 spiro atoms. The smallest absolute Gasteiger partial charge is 0.220 e. The third-order valence-electron chi connectivity index (χ3n) is 23.8. The highest BCUT2D eigenvalue weighted by atomic mass is 16.8. The Morgan fingerprint density at radius 3 is 0.930 bits per heavy atom. The fraction of sp³-hybridized carbons (Fsp3) is 0.905. The quantitative estimate of drug-likeness (QED) is 0.0199. The third kappa shape index (κ3) is 52.2. The van der Waals surface area contributed by atoms with Gasteiger partial charge in [0.05, 0.1) is 38.6 Å². The molecular formula is C95H177NO18. The van der Waals surface area contributed by atoms with Crippen molar-refractivity contribution in [2.24, 2.45) is 0 Å². The topological polar surface area (TPSA) is 307 Å². The van der Waals surface area contributed by atoms with E-state index in [1.54, 1.807) is 6.08 Å². The maximum atomic E-state index is 13.5. The molecule has 3 saturated heterocycles. The summed E-state index contributed by atoms with van der Waals surface area (Å²) < 4.78 is 34.5. The van der Waals surface area contributed by atoms with Crippen LogP contribution in [0, 0.1) is 0 Å². The van der Waals surface area contributed by atoms with E-state index in [4.69, 9.17) is 28.4 Å². The molecule has 0 aromatic heterocycles. The Bertz CT molecular complexity index is 2240. The molecular weight excluding hydrogens is 1440 g/mol. The maximum Gasteiger partial charge on any atom is 0.220 e. The Hall–Kier alpha value is -2.25. The number of amides is 1. The fourth-order valence-corrected chi connectivity index (χ4v) is 16.2. The molecule has 3 aliphatic rings. The molecule has 17 atom stereocenters. The lowest BCUT2D eigenvalue weighted by Crippen LogP contribution is -2.66. The molecule has 19 heteroatoms. The van der Waals surface area contributed by atoms with Crippen molar-refractivity contribution in [2.45, 2.75) is 523 Å². The predicted molar refractivity (Wildman–Crippen MR) is 462 cm³/mol. The van der Waals surface area contributed by atoms with Crippen molar-refractivity contribution in [3.8, 4) is 0 Å². The molecule has 0 aromatic rings. The molecule has 0 radical (unpaired) electrons. The molecule has 670 valence electrons. The first kappa shape index (κ1) is 106. The largest absolute Gasteiger partial charge is 0.394 e. The number of hydrogen-bond donors (Lipinski definition) is 12. The maximum absolute atomic E-state index is 13.5. The van der Waals surface area contributed by atoms with Gasteiger partial charge in [0.15, 0.2) is 18.9 Å². The van der Waals surface area contributed by atoms with Crippen LogP contribution in [-0.4, -0.2) is 193 Å². The lowest BCUT2D eigenvalue weighted by Gasteiger charge is -2.48. The standard InChI is InChI=1S/C95H177NO18/c1-3-5-7-9-11-13-15-17-19-21-23-25-27-29-31-33-35-37-38-39-40-41-43-45-47-49-51-53-55-57-59-61-63-65-67-69-71-73-83(101)96-78(79(100)72-70-68-66-64-62-60-58-56-54-52-50-48-46-44-42-36-34-32-30-28-26-24-22-20-18-16-14-12-10-8-6-4-2)77-109-93-89(107)86(104)91(81(75-98)111-93)114-95-90(108)87(105)92(82(76-99)112-95)113-94-88(106)85(103)84(102)80(74-97)110-94/h15,17,21,23,62,64,70,72,78-82,84-95,97-100,102-108H,3-14,16,18-20,22,24-61,63,65-69,71,73-77H2,1-2H3,(H,96,101)/b17-15-,23-21-,64-62+,72-70+. The molecule has 1 amide bonds. The van der Waals surface area contributed by atoms with E-state index >= 15 is 0 Å². The first-order chi connectivity index (χ1) is 55.8. The summed E-state index contributed by atoms with van der Waals surface area (Å²) in [6, 6.07) is -0.992. The second-order valence-electron chi connectivity index (χ2n) is 34.2. The van der Waals surface area contributed by atoms with E-state index in [2.05, 4.69) is 55.6 Å². The SMILES string of the molecule is CCCCCCC/C=C\C/C=C\CCCCCCCCCCCCCCCCCCCCCCCCCCCC(=O)NC(COC1OC(CO)C(OC2OC(CO)C(OC3OC(CO)C(O)C(O)C3O)C(O)C2O)C(O)C1O)C(O)/C=C/CC/C=C/CCCCCCCCCCCCCCCCCCCCCCCCCCCC. The van der Waals surface area contributed by atoms with Crippen LogP contribution in [-0.2, 0) is 33.2 Å². The highest BCUT2D eigenvalue weighted by Gasteiger charge is 2.54. The van der Waals surface area contributed by atoms with E-state index < -0.39 is 124 Å². The minimum atomic E-state index is -1.98. The van der Waals surface area contributed by atoms with E-state index in [-0.39, 0.29) is 18.9 Å². The molecule has 0 bridgehead atoms. The second-order valence-corrected chi connectivity index (χ2v) is 34.2. The zero-order chi connectivity index (χ0) is 82.4. The van der Waals surface area contributed by atoms with Gasteiger partial charge in [-0.15, -0.1) is 0 Å². The fourth-order valence-electron chi connectivity index (χ4n) is 16.2. The molecule has 3 heterocycles. The Kier molecular flexibility index (Phi) is 69.3. The number of aliphatic hydroxyl groups is 11. The van der Waals surface area contributed by atoms with Gasteiger partial charge in [-0.05, 0) is 64.2 Å². The van der Waals surface area contributed by atoms with Crippen molar-refractivity contribution in [1.29, 1.82) is 0 Å². The molecule has 17 unspecified atom stereocenters. The number of aliphatic hydroxyl groups excluding tert-OH is 11. The highest BCUT2D eigenvalue weighted by Crippen LogP contribution is 2.34. The van der Waals surface area contributed by atoms with Gasteiger partial charge in [0.1, 0.15) is 73.2 Å². The number of allylic oxidation sites excluding steroid dienone is 7. The molecule has 3 aliphatic heterocycles. The van der Waals surface area contributed by atoms with Crippen molar-refractivity contribution in [3.05, 3.63) is 48.6 Å². The van der Waals surface area contributed by atoms with Crippen LogP contribution in [0.3, 0.4) is 0 Å². The normalized spacial score (nSPS) is 24.9. The van der Waals surface area contributed by atoms with Gasteiger partial charge in [0, 0.05) is 6.42 Å². The lowest BCUT2D eigenvalue weighted by atomic mass is 9.96. The van der Waals surface area contributed by atoms with Crippen LogP contribution in [0.15, 0.2) is 48.6 Å². The highest BCUT2D eigenvalue weighted by molar-refractivity contribution is 5.76. The molecule has 3 rings (SSSR count). The van der Waals surface area contributed by atoms with Gasteiger partial charge in [-0.1, -0.05) is 396 Å². The Balaban J connectivity index is 1.31. The molecule has 19 nitrogen and oxygen atoms in total. The number of carbonyl (C=O) groups is 1. The van der Waals surface area contributed by atoms with Gasteiger partial charge < -0.3 is 89.9 Å². The van der Waals surface area contributed by atoms with Crippen LogP contribution in [0.1, 0.15) is 418 Å². The number of nitrogens with one attached hydrogen (secondary N) is 1. The predicted octanol–water partition coefficient (Wildman–Crippen LogP) is 19.1. The molecule has 12 N–H and O–H groups in total. The number of rotatable bonds is 79. The minimum absolute atomic E-state index is 0.239. The molecule has 0 aromatic carbocycles. The average Bonchev–Trinajstić information content (AvgIpc) is 0.777. The van der Waals surface area contributed by atoms with Crippen LogP contribution >= 0.6 is 0 Å². The molecule has 114 heavy (non-hydrogen) atoms. The Labute approximate surface area is 694 Å². The first-order valence-corrected chi connectivity index (χ1v) is 47.9. The first-order valence-electron chi connectivity index (χ1n) is 47.9. The van der Waals surface area contributed by atoms with Crippen LogP contribution in [0.25, 0.3) is 0 Å². The minimum Gasteiger partial charge on any atom is -0.394 e. The van der Waals surface area contributed by atoms with E-state index in [9.17, 15) is 61.0 Å². The third-order valence-corrected chi connectivity index (χ3v) is 23.8. The monoisotopic (exact) mass is 1620 g/mol. The van der Waals surface area contributed by atoms with Crippen molar-refractivity contribution in [1.82, 2.24) is 5.32 Å². The van der Waals surface area contributed by atoms with Gasteiger partial charge >= 0.3 is 0 Å². The molecule has 0 saturated carbocycles. The van der Waals surface area contributed by atoms with Crippen LogP contribution < -0.4 is 5.32 Å². The summed E-state index contributed by atoms with van der Waals surface area (Å²) in [6.07, 6.45) is 71.5. The summed E-state index contributed by atoms with van der Waals surface area (Å²) in [4.78, 5) is 13.5. The van der Waals surface area contributed by atoms with E-state index in [1.807, 2.05) is 6.08 Å². The Morgan fingerprint density at radius 2 is 0.588 bits per heavy atom. The Morgan fingerprint density at radius 1 is 0.316 bits per heavy atom. The summed E-state index contributed by atoms with van der Waals surface area (Å²) in [6.45, 7) is 1.78. The van der Waals surface area contributed by atoms with E-state index in [0.29, 0.717) is 12.8 Å². The zero-order valence-electron chi connectivity index (χ0n) is 72.6. The molecule has 0 aliphatic carbocycles. The average molecular weight is 1620 g/mol. The van der Waals surface area contributed by atoms with Gasteiger partial charge in [-0.3, -0.25) is 4.79 Å². The number of carbonyl (C=O) groups excluding carboxylic acids is 1. The van der Waals surface area contributed by atoms with Gasteiger partial charge in [-0.25, -0.2) is 0 Å². The van der Waals surface area contributed by atoms with Crippen molar-refractivity contribution >= 4 is 5.91 Å². The summed E-state index contributed by atoms with van der Waals surface area (Å²) >= 11 is 0. The van der Waals surface area contributed by atoms with Crippen LogP contribution in [0.2, 0.25) is 0 Å². The summed E-state index contributed by atoms with van der Waals surface area (Å²) in [5, 5.41) is 121. The van der Waals surface area contributed by atoms with Crippen molar-refractivity contribution in [2.75, 3.05) is 26.4 Å². The van der Waals surface area contributed by atoms with Crippen molar-refractivity contribution in [3.63, 3.8) is 0 Å². The summed E-state index contributed by atoms with van der Waals surface area (Å²) in [7, 11) is 0. The van der Waals surface area contributed by atoms with E-state index in [1.165, 1.54) is 340 Å². The van der Waals surface area contributed by atoms with Gasteiger partial charge in [0.25, 0.3) is 0 Å². The van der Waals surface area contributed by atoms with Crippen LogP contribution in [0.5, 0.6) is 0 Å². The number of unbranched alkanes of at least 4 members (excludes halogenated alkanes) is 57. The lowest BCUT2D eigenvalue weighted by molar-refractivity contribution is -0.379. The summed E-state index contributed by atoms with van der Waals surface area (Å²) in [5.74, 6) is -0.277. The van der Waals surface area contributed by atoms with Gasteiger partial charge in [0.2, 0.25) is 5.91 Å². The van der Waals surface area contributed by atoms with Crippen molar-refractivity contribution < 1.29 is 89.4 Å². The molecule has 3 fully saturated rings. The zero-order valence-corrected chi connectivity index (χ0v) is 72.6. The van der Waals surface area contributed by atoms with E-state index in [0.717, 1.165) is 44.9 Å². The number of hydrogen-bond acceptors (Lipinski definition) is 18.